The molecule has 0 aliphatic carbocycles. The normalized spacial score (nSPS) is 11.5. The standard InChI is InChI=1S/C15H10ClN3O5S2/c1-26(23,24)9-3-5-11-13(7-9)25-15(17-11)18-14(20)8-2-4-10(16)12(6-8)19(21)22/h2-7H,1H3,(H,17,18,20). The molecule has 26 heavy (non-hydrogen) atoms. The predicted octanol–water partition coefficient (Wildman–Crippen LogP) is 3.51. The number of halogens is 1. The Labute approximate surface area is 156 Å². The third-order valence-corrected chi connectivity index (χ3v) is 5.78. The fourth-order valence-corrected chi connectivity index (χ4v) is 3.96. The number of fused-ring (bicyclic) bond motifs is 1. The van der Waals surface area contributed by atoms with Gasteiger partial charge in [0.15, 0.2) is 15.0 Å². The van der Waals surface area contributed by atoms with Crippen molar-refractivity contribution in [2.24, 2.45) is 0 Å². The molecule has 8 nitrogen and oxygen atoms in total. The first-order valence-corrected chi connectivity index (χ1v) is 10.1. The molecular formula is C15H10ClN3O5S2. The van der Waals surface area contributed by atoms with Gasteiger partial charge in [0.05, 0.1) is 20.0 Å². The zero-order chi connectivity index (χ0) is 19.1. The van der Waals surface area contributed by atoms with Crippen LogP contribution in [0.15, 0.2) is 41.3 Å². The Kier molecular flexibility index (Phi) is 4.65. The number of thiazole rings is 1. The van der Waals surface area contributed by atoms with Gasteiger partial charge in [-0.05, 0) is 30.3 Å². The monoisotopic (exact) mass is 411 g/mol. The Hall–Kier alpha value is -2.56. The van der Waals surface area contributed by atoms with Gasteiger partial charge in [-0.2, -0.15) is 0 Å². The number of carbonyl (C=O) groups excluding carboxylic acids is 1. The molecule has 1 N–H and O–H groups in total. The summed E-state index contributed by atoms with van der Waals surface area (Å²) in [7, 11) is -3.35. The summed E-state index contributed by atoms with van der Waals surface area (Å²) in [5.41, 5.74) is 0.207. The molecule has 0 bridgehead atoms. The van der Waals surface area contributed by atoms with E-state index in [1.54, 1.807) is 6.07 Å². The second-order valence-electron chi connectivity index (χ2n) is 5.30. The van der Waals surface area contributed by atoms with Gasteiger partial charge >= 0.3 is 0 Å². The van der Waals surface area contributed by atoms with Gasteiger partial charge in [-0.3, -0.25) is 20.2 Å². The fraction of sp³-hybridized carbons (Fsp3) is 0.0667. The summed E-state index contributed by atoms with van der Waals surface area (Å²) in [6, 6.07) is 8.17. The maximum Gasteiger partial charge on any atom is 0.288 e. The Morgan fingerprint density at radius 1 is 1.27 bits per heavy atom. The van der Waals surface area contributed by atoms with Crippen LogP contribution in [0.1, 0.15) is 10.4 Å². The molecule has 1 amide bonds. The first-order chi connectivity index (χ1) is 12.1. The van der Waals surface area contributed by atoms with Gasteiger partial charge in [-0.15, -0.1) is 0 Å². The third-order valence-electron chi connectivity index (χ3n) is 3.41. The van der Waals surface area contributed by atoms with Crippen LogP contribution < -0.4 is 5.32 Å². The maximum absolute atomic E-state index is 12.3. The van der Waals surface area contributed by atoms with Gasteiger partial charge in [-0.25, -0.2) is 13.4 Å². The second-order valence-corrected chi connectivity index (χ2v) is 8.75. The Balaban J connectivity index is 1.90. The van der Waals surface area contributed by atoms with E-state index in [0.717, 1.165) is 23.7 Å². The molecule has 0 fully saturated rings. The molecule has 0 saturated carbocycles. The molecule has 0 aliphatic rings. The maximum atomic E-state index is 12.3. The van der Waals surface area contributed by atoms with Crippen molar-refractivity contribution in [2.75, 3.05) is 11.6 Å². The quantitative estimate of drug-likeness (QED) is 0.518. The van der Waals surface area contributed by atoms with E-state index < -0.39 is 20.7 Å². The van der Waals surface area contributed by atoms with E-state index in [4.69, 9.17) is 11.6 Å². The molecule has 3 rings (SSSR count). The number of nitrogens with one attached hydrogen (secondary N) is 1. The van der Waals surface area contributed by atoms with E-state index in [-0.39, 0.29) is 26.3 Å². The van der Waals surface area contributed by atoms with Crippen molar-refractivity contribution in [3.8, 4) is 0 Å². The number of hydrogen-bond acceptors (Lipinski definition) is 7. The van der Waals surface area contributed by atoms with Crippen molar-refractivity contribution >= 4 is 59.7 Å². The number of hydrogen-bond donors (Lipinski definition) is 1. The largest absolute Gasteiger partial charge is 0.298 e. The number of amides is 1. The number of nitrogens with zero attached hydrogens (tertiary/aromatic N) is 2. The average Bonchev–Trinajstić information content (AvgIpc) is 2.95. The molecule has 11 heteroatoms. The van der Waals surface area contributed by atoms with Crippen LogP contribution in [0.3, 0.4) is 0 Å². The number of nitro benzene ring substituents is 1. The van der Waals surface area contributed by atoms with Crippen molar-refractivity contribution in [3.63, 3.8) is 0 Å². The van der Waals surface area contributed by atoms with Crippen LogP contribution >= 0.6 is 22.9 Å². The smallest absolute Gasteiger partial charge is 0.288 e. The number of aromatic nitrogens is 1. The first kappa shape index (κ1) is 18.2. The Morgan fingerprint density at radius 3 is 2.65 bits per heavy atom. The van der Waals surface area contributed by atoms with Gasteiger partial charge in [0.25, 0.3) is 11.6 Å². The number of sulfone groups is 1. The van der Waals surface area contributed by atoms with Gasteiger partial charge < -0.3 is 0 Å². The Bertz CT molecular complexity index is 1160. The molecule has 134 valence electrons. The summed E-state index contributed by atoms with van der Waals surface area (Å²) < 4.78 is 23.8. The molecule has 3 aromatic rings. The fourth-order valence-electron chi connectivity index (χ4n) is 2.15. The lowest BCUT2D eigenvalue weighted by Gasteiger charge is -2.02. The SMILES string of the molecule is CS(=O)(=O)c1ccc2nc(NC(=O)c3ccc(Cl)c([N+](=O)[O-])c3)sc2c1. The van der Waals surface area contributed by atoms with Crippen LogP contribution in [0, 0.1) is 10.1 Å². The lowest BCUT2D eigenvalue weighted by atomic mass is 10.2. The number of nitro groups is 1. The van der Waals surface area contributed by atoms with E-state index in [0.29, 0.717) is 10.2 Å². The summed E-state index contributed by atoms with van der Waals surface area (Å²) in [5.74, 6) is -0.591. The van der Waals surface area contributed by atoms with E-state index in [2.05, 4.69) is 10.3 Å². The summed E-state index contributed by atoms with van der Waals surface area (Å²) in [6.45, 7) is 0. The van der Waals surface area contributed by atoms with Crippen molar-refractivity contribution in [3.05, 3.63) is 57.1 Å². The lowest BCUT2D eigenvalue weighted by Crippen LogP contribution is -2.11. The van der Waals surface area contributed by atoms with Gasteiger partial charge in [0.1, 0.15) is 5.02 Å². The molecule has 0 unspecified atom stereocenters. The highest BCUT2D eigenvalue weighted by Gasteiger charge is 2.18. The number of rotatable bonds is 4. The molecule has 2 aromatic carbocycles. The summed E-state index contributed by atoms with van der Waals surface area (Å²) in [4.78, 5) is 26.9. The zero-order valence-corrected chi connectivity index (χ0v) is 15.5. The lowest BCUT2D eigenvalue weighted by molar-refractivity contribution is -0.384. The van der Waals surface area contributed by atoms with Crippen molar-refractivity contribution < 1.29 is 18.1 Å². The minimum atomic E-state index is -3.35. The summed E-state index contributed by atoms with van der Waals surface area (Å²) >= 11 is 6.83. The van der Waals surface area contributed by atoms with E-state index in [9.17, 15) is 23.3 Å². The highest BCUT2D eigenvalue weighted by molar-refractivity contribution is 7.90. The minimum Gasteiger partial charge on any atom is -0.298 e. The van der Waals surface area contributed by atoms with Crippen LogP contribution in [0.5, 0.6) is 0 Å². The van der Waals surface area contributed by atoms with E-state index >= 15 is 0 Å². The topological polar surface area (TPSA) is 119 Å². The minimum absolute atomic E-state index is 0.0529. The summed E-state index contributed by atoms with van der Waals surface area (Å²) in [5, 5.41) is 13.6. The van der Waals surface area contributed by atoms with E-state index in [1.165, 1.54) is 24.3 Å². The molecule has 1 heterocycles. The average molecular weight is 412 g/mol. The molecule has 0 saturated heterocycles. The van der Waals surface area contributed by atoms with Crippen molar-refractivity contribution in [1.29, 1.82) is 0 Å². The van der Waals surface area contributed by atoms with Crippen LogP contribution in [0.25, 0.3) is 10.2 Å². The molecule has 1 aromatic heterocycles. The third kappa shape index (κ3) is 3.66. The highest BCUT2D eigenvalue weighted by atomic mass is 35.5. The molecule has 0 spiro atoms. The number of anilines is 1. The second kappa shape index (κ2) is 6.63. The van der Waals surface area contributed by atoms with Gasteiger partial charge in [0, 0.05) is 17.9 Å². The van der Waals surface area contributed by atoms with Crippen LogP contribution in [0.2, 0.25) is 5.02 Å². The zero-order valence-electron chi connectivity index (χ0n) is 13.1. The van der Waals surface area contributed by atoms with Crippen LogP contribution in [-0.2, 0) is 9.84 Å². The van der Waals surface area contributed by atoms with Gasteiger partial charge in [0.2, 0.25) is 0 Å². The van der Waals surface area contributed by atoms with E-state index in [1.807, 2.05) is 0 Å². The molecule has 0 atom stereocenters. The highest BCUT2D eigenvalue weighted by Crippen LogP contribution is 2.29. The Morgan fingerprint density at radius 2 is 2.00 bits per heavy atom. The molecule has 0 aliphatic heterocycles. The van der Waals surface area contributed by atoms with Crippen LogP contribution in [0.4, 0.5) is 10.8 Å². The number of benzene rings is 2. The number of carbonyl (C=O) groups is 1. The first-order valence-electron chi connectivity index (χ1n) is 7.01. The summed E-state index contributed by atoms with van der Waals surface area (Å²) in [6.07, 6.45) is 1.10. The van der Waals surface area contributed by atoms with Crippen LogP contribution in [-0.4, -0.2) is 30.5 Å². The predicted molar refractivity (Wildman–Crippen MR) is 98.8 cm³/mol. The van der Waals surface area contributed by atoms with Crippen molar-refractivity contribution in [2.45, 2.75) is 4.90 Å². The molecule has 0 radical (unpaired) electrons. The molecular weight excluding hydrogens is 402 g/mol. The van der Waals surface area contributed by atoms with Crippen molar-refractivity contribution in [1.82, 2.24) is 4.98 Å². The van der Waals surface area contributed by atoms with Gasteiger partial charge in [-0.1, -0.05) is 22.9 Å².